The normalized spacial score (nSPS) is 10.4. The van der Waals surface area contributed by atoms with Crippen LogP contribution < -0.4 is 5.32 Å². The van der Waals surface area contributed by atoms with Gasteiger partial charge in [-0.3, -0.25) is 9.67 Å². The van der Waals surface area contributed by atoms with Crippen LogP contribution in [0.25, 0.3) is 0 Å². The van der Waals surface area contributed by atoms with Crippen LogP contribution in [0.4, 0.5) is 5.69 Å². The molecular weight excluding hydrogens is 224 g/mol. The van der Waals surface area contributed by atoms with E-state index < -0.39 is 0 Å². The number of halogens is 1. The van der Waals surface area contributed by atoms with E-state index in [1.807, 2.05) is 23.9 Å². The van der Waals surface area contributed by atoms with Crippen molar-refractivity contribution in [3.63, 3.8) is 0 Å². The summed E-state index contributed by atoms with van der Waals surface area (Å²) in [4.78, 5) is 3.93. The summed E-state index contributed by atoms with van der Waals surface area (Å²) in [5, 5.41) is 8.02. The molecule has 4 nitrogen and oxygen atoms in total. The first-order valence-electron chi connectivity index (χ1n) is 5.07. The lowest BCUT2D eigenvalue weighted by molar-refractivity contribution is 0.711. The van der Waals surface area contributed by atoms with Crippen LogP contribution in [0.1, 0.15) is 5.69 Å². The van der Waals surface area contributed by atoms with E-state index in [9.17, 15) is 0 Å². The Hall–Kier alpha value is -1.55. The van der Waals surface area contributed by atoms with E-state index in [-0.39, 0.29) is 0 Å². The van der Waals surface area contributed by atoms with Crippen LogP contribution >= 0.6 is 11.6 Å². The number of aryl methyl sites for hydroxylation is 1. The molecule has 2 aromatic rings. The van der Waals surface area contributed by atoms with Gasteiger partial charge in [-0.1, -0.05) is 11.6 Å². The zero-order valence-corrected chi connectivity index (χ0v) is 9.78. The fourth-order valence-corrected chi connectivity index (χ4v) is 1.68. The summed E-state index contributed by atoms with van der Waals surface area (Å²) >= 11 is 5.97. The molecule has 0 amide bonds. The third-order valence-electron chi connectivity index (χ3n) is 2.39. The van der Waals surface area contributed by atoms with Gasteiger partial charge in [0.2, 0.25) is 0 Å². The Morgan fingerprint density at radius 3 is 2.94 bits per heavy atom. The molecule has 0 saturated heterocycles. The summed E-state index contributed by atoms with van der Waals surface area (Å²) < 4.78 is 1.87. The summed E-state index contributed by atoms with van der Waals surface area (Å²) in [6.45, 7) is 0.823. The molecule has 84 valence electrons. The number of hydrogen-bond acceptors (Lipinski definition) is 3. The molecule has 2 aromatic heterocycles. The number of aromatic nitrogens is 3. The third kappa shape index (κ3) is 2.52. The van der Waals surface area contributed by atoms with Crippen LogP contribution in [-0.2, 0) is 13.5 Å². The predicted octanol–water partition coefficient (Wildman–Crippen LogP) is 2.12. The SMILES string of the molecule is Cn1nccc1CCNc1ccncc1Cl. The number of pyridine rings is 1. The number of nitrogens with zero attached hydrogens (tertiary/aromatic N) is 3. The van der Waals surface area contributed by atoms with E-state index in [1.165, 1.54) is 5.69 Å². The van der Waals surface area contributed by atoms with Crippen LogP contribution in [-0.4, -0.2) is 21.3 Å². The van der Waals surface area contributed by atoms with Gasteiger partial charge in [0.25, 0.3) is 0 Å². The highest BCUT2D eigenvalue weighted by atomic mass is 35.5. The second-order valence-electron chi connectivity index (χ2n) is 3.48. The van der Waals surface area contributed by atoms with Crippen LogP contribution in [0.5, 0.6) is 0 Å². The molecule has 0 aromatic carbocycles. The topological polar surface area (TPSA) is 42.7 Å². The molecule has 2 rings (SSSR count). The Labute approximate surface area is 99.3 Å². The van der Waals surface area contributed by atoms with Crippen molar-refractivity contribution in [2.45, 2.75) is 6.42 Å². The first kappa shape index (κ1) is 11.0. The summed E-state index contributed by atoms with van der Waals surface area (Å²) in [5.74, 6) is 0. The van der Waals surface area contributed by atoms with Crippen molar-refractivity contribution in [2.75, 3.05) is 11.9 Å². The molecule has 0 radical (unpaired) electrons. The smallest absolute Gasteiger partial charge is 0.0820 e. The highest BCUT2D eigenvalue weighted by molar-refractivity contribution is 6.33. The molecule has 16 heavy (non-hydrogen) atoms. The van der Waals surface area contributed by atoms with Crippen molar-refractivity contribution in [2.24, 2.45) is 7.05 Å². The fourth-order valence-electron chi connectivity index (χ4n) is 1.49. The lowest BCUT2D eigenvalue weighted by Crippen LogP contribution is -2.08. The van der Waals surface area contributed by atoms with Crippen molar-refractivity contribution < 1.29 is 0 Å². The second-order valence-corrected chi connectivity index (χ2v) is 3.89. The predicted molar refractivity (Wildman–Crippen MR) is 64.6 cm³/mol. The molecule has 0 spiro atoms. The van der Waals surface area contributed by atoms with Gasteiger partial charge in [0.15, 0.2) is 0 Å². The quantitative estimate of drug-likeness (QED) is 0.884. The second kappa shape index (κ2) is 4.99. The van der Waals surface area contributed by atoms with Gasteiger partial charge in [-0.25, -0.2) is 0 Å². The Bertz CT molecular complexity index is 467. The fraction of sp³-hybridized carbons (Fsp3) is 0.273. The molecular formula is C11H13ClN4. The monoisotopic (exact) mass is 236 g/mol. The molecule has 0 aliphatic heterocycles. The largest absolute Gasteiger partial charge is 0.383 e. The first-order valence-corrected chi connectivity index (χ1v) is 5.45. The lowest BCUT2D eigenvalue weighted by atomic mass is 10.3. The Balaban J connectivity index is 1.89. The molecule has 0 fully saturated rings. The zero-order valence-electron chi connectivity index (χ0n) is 9.02. The summed E-state index contributed by atoms with van der Waals surface area (Å²) in [7, 11) is 1.94. The lowest BCUT2D eigenvalue weighted by Gasteiger charge is -2.07. The van der Waals surface area contributed by atoms with E-state index in [0.29, 0.717) is 5.02 Å². The van der Waals surface area contributed by atoms with Gasteiger partial charge < -0.3 is 5.32 Å². The Kier molecular flexibility index (Phi) is 3.41. The Morgan fingerprint density at radius 2 is 2.25 bits per heavy atom. The molecule has 0 bridgehead atoms. The van der Waals surface area contributed by atoms with E-state index >= 15 is 0 Å². The van der Waals surface area contributed by atoms with Gasteiger partial charge in [0.1, 0.15) is 0 Å². The van der Waals surface area contributed by atoms with Crippen LogP contribution in [0.2, 0.25) is 5.02 Å². The standard InChI is InChI=1S/C11H13ClN4/c1-16-9(3-7-15-16)2-6-14-11-4-5-13-8-10(11)12/h3-5,7-8H,2,6H2,1H3,(H,13,14). The summed E-state index contributed by atoms with van der Waals surface area (Å²) in [6, 6.07) is 3.88. The van der Waals surface area contributed by atoms with Crippen molar-refractivity contribution in [1.29, 1.82) is 0 Å². The maximum atomic E-state index is 5.97. The molecule has 0 saturated carbocycles. The summed E-state index contributed by atoms with van der Waals surface area (Å²) in [5.41, 5.74) is 2.11. The first-order chi connectivity index (χ1) is 7.77. The van der Waals surface area contributed by atoms with Gasteiger partial charge >= 0.3 is 0 Å². The molecule has 0 unspecified atom stereocenters. The van der Waals surface area contributed by atoms with Crippen molar-refractivity contribution in [3.8, 4) is 0 Å². The van der Waals surface area contributed by atoms with E-state index in [1.54, 1.807) is 18.6 Å². The maximum absolute atomic E-state index is 5.97. The van der Waals surface area contributed by atoms with Crippen LogP contribution in [0.15, 0.2) is 30.7 Å². The van der Waals surface area contributed by atoms with Crippen LogP contribution in [0, 0.1) is 0 Å². The number of hydrogen-bond donors (Lipinski definition) is 1. The van der Waals surface area contributed by atoms with Gasteiger partial charge in [0, 0.05) is 44.3 Å². The molecule has 0 aliphatic rings. The van der Waals surface area contributed by atoms with Gasteiger partial charge in [-0.15, -0.1) is 0 Å². The molecule has 0 aliphatic carbocycles. The van der Waals surface area contributed by atoms with Gasteiger partial charge in [-0.05, 0) is 12.1 Å². The Morgan fingerprint density at radius 1 is 1.38 bits per heavy atom. The van der Waals surface area contributed by atoms with E-state index in [0.717, 1.165) is 18.7 Å². The molecule has 2 heterocycles. The minimum atomic E-state index is 0.646. The van der Waals surface area contributed by atoms with Crippen molar-refractivity contribution in [3.05, 3.63) is 41.4 Å². The molecule has 1 N–H and O–H groups in total. The zero-order chi connectivity index (χ0) is 11.4. The van der Waals surface area contributed by atoms with E-state index in [2.05, 4.69) is 15.4 Å². The molecule has 5 heteroatoms. The number of rotatable bonds is 4. The van der Waals surface area contributed by atoms with Gasteiger partial charge in [-0.2, -0.15) is 5.10 Å². The average molecular weight is 237 g/mol. The molecule has 0 atom stereocenters. The van der Waals surface area contributed by atoms with Crippen LogP contribution in [0.3, 0.4) is 0 Å². The minimum Gasteiger partial charge on any atom is -0.383 e. The summed E-state index contributed by atoms with van der Waals surface area (Å²) in [6.07, 6.45) is 6.07. The van der Waals surface area contributed by atoms with Crippen molar-refractivity contribution >= 4 is 17.3 Å². The number of anilines is 1. The minimum absolute atomic E-state index is 0.646. The maximum Gasteiger partial charge on any atom is 0.0820 e. The number of nitrogens with one attached hydrogen (secondary N) is 1. The van der Waals surface area contributed by atoms with E-state index in [4.69, 9.17) is 11.6 Å². The average Bonchev–Trinajstić information content (AvgIpc) is 2.67. The highest BCUT2D eigenvalue weighted by Crippen LogP contribution is 2.18. The van der Waals surface area contributed by atoms with Crippen molar-refractivity contribution in [1.82, 2.24) is 14.8 Å². The van der Waals surface area contributed by atoms with Gasteiger partial charge in [0.05, 0.1) is 10.7 Å². The highest BCUT2D eigenvalue weighted by Gasteiger charge is 2.00. The third-order valence-corrected chi connectivity index (χ3v) is 2.69.